The highest BCUT2D eigenvalue weighted by Gasteiger charge is 2.30. The number of aromatic nitrogens is 3. The SMILES string of the molecule is O=C(Nc1nc2cccc(N3CCN(c4ccc(F)cc4)CC3)n2n1)C1CC1. The summed E-state index contributed by atoms with van der Waals surface area (Å²) in [5, 5.41) is 7.32. The number of hydrogen-bond donors (Lipinski definition) is 1. The summed E-state index contributed by atoms with van der Waals surface area (Å²) in [6, 6.07) is 12.5. The van der Waals surface area contributed by atoms with Crippen LogP contribution in [0.4, 0.5) is 21.8 Å². The first-order valence-electron chi connectivity index (χ1n) is 9.59. The quantitative estimate of drug-likeness (QED) is 0.754. The number of pyridine rings is 1. The summed E-state index contributed by atoms with van der Waals surface area (Å²) in [6.07, 6.45) is 1.89. The molecule has 1 aromatic carbocycles. The van der Waals surface area contributed by atoms with Gasteiger partial charge in [0.25, 0.3) is 0 Å². The van der Waals surface area contributed by atoms with Crippen LogP contribution in [-0.2, 0) is 4.79 Å². The first kappa shape index (κ1) is 17.0. The lowest BCUT2D eigenvalue weighted by Crippen LogP contribution is -2.47. The molecular weight excluding hydrogens is 359 g/mol. The van der Waals surface area contributed by atoms with Gasteiger partial charge in [-0.25, -0.2) is 4.39 Å². The number of halogens is 1. The van der Waals surface area contributed by atoms with Crippen molar-refractivity contribution >= 4 is 29.0 Å². The summed E-state index contributed by atoms with van der Waals surface area (Å²) in [6.45, 7) is 3.31. The van der Waals surface area contributed by atoms with Crippen molar-refractivity contribution in [1.29, 1.82) is 0 Å². The number of anilines is 3. The highest BCUT2D eigenvalue weighted by Crippen LogP contribution is 2.30. The number of hydrogen-bond acceptors (Lipinski definition) is 5. The topological polar surface area (TPSA) is 65.8 Å². The van der Waals surface area contributed by atoms with Crippen molar-refractivity contribution in [2.45, 2.75) is 12.8 Å². The summed E-state index contributed by atoms with van der Waals surface area (Å²) in [5.74, 6) is 1.21. The number of fused-ring (bicyclic) bond motifs is 1. The number of carbonyl (C=O) groups is 1. The molecule has 7 nitrogen and oxygen atoms in total. The predicted octanol–water partition coefficient (Wildman–Crippen LogP) is 2.54. The van der Waals surface area contributed by atoms with Gasteiger partial charge >= 0.3 is 0 Å². The summed E-state index contributed by atoms with van der Waals surface area (Å²) >= 11 is 0. The molecule has 0 radical (unpaired) electrons. The minimum atomic E-state index is -0.218. The molecule has 2 fully saturated rings. The average Bonchev–Trinajstić information content (AvgIpc) is 3.49. The van der Waals surface area contributed by atoms with E-state index in [1.54, 1.807) is 4.52 Å². The van der Waals surface area contributed by atoms with Gasteiger partial charge in [-0.3, -0.25) is 10.1 Å². The molecule has 1 aliphatic heterocycles. The second kappa shape index (κ2) is 6.78. The molecule has 1 saturated carbocycles. The molecule has 1 saturated heterocycles. The van der Waals surface area contributed by atoms with E-state index in [2.05, 4.69) is 25.2 Å². The molecule has 1 N–H and O–H groups in total. The molecular formula is C20H21FN6O. The summed E-state index contributed by atoms with van der Waals surface area (Å²) in [5.41, 5.74) is 1.75. The zero-order valence-corrected chi connectivity index (χ0v) is 15.4. The van der Waals surface area contributed by atoms with Crippen molar-refractivity contribution in [2.75, 3.05) is 41.3 Å². The molecule has 2 aliphatic rings. The van der Waals surface area contributed by atoms with E-state index in [1.807, 2.05) is 30.3 Å². The van der Waals surface area contributed by atoms with E-state index < -0.39 is 0 Å². The number of nitrogens with one attached hydrogen (secondary N) is 1. The van der Waals surface area contributed by atoms with E-state index in [9.17, 15) is 9.18 Å². The van der Waals surface area contributed by atoms with Gasteiger partial charge in [-0.2, -0.15) is 9.50 Å². The standard InChI is InChI=1S/C20H21FN6O/c21-15-6-8-16(9-7-15)25-10-12-26(13-11-25)18-3-1-2-17-22-20(24-27(17)18)23-19(28)14-4-5-14/h1-3,6-9,14H,4-5,10-13H2,(H,23,24,28). The fourth-order valence-electron chi connectivity index (χ4n) is 3.59. The van der Waals surface area contributed by atoms with E-state index in [-0.39, 0.29) is 17.6 Å². The minimum Gasteiger partial charge on any atom is -0.368 e. The molecule has 3 heterocycles. The van der Waals surface area contributed by atoms with Crippen molar-refractivity contribution in [3.8, 4) is 0 Å². The Balaban J connectivity index is 1.32. The Morgan fingerprint density at radius 3 is 2.43 bits per heavy atom. The van der Waals surface area contributed by atoms with Crippen molar-refractivity contribution in [3.63, 3.8) is 0 Å². The number of nitrogens with zero attached hydrogens (tertiary/aromatic N) is 5. The number of benzene rings is 1. The third-order valence-corrected chi connectivity index (χ3v) is 5.32. The van der Waals surface area contributed by atoms with Crippen LogP contribution in [0.5, 0.6) is 0 Å². The molecule has 0 atom stereocenters. The number of piperazine rings is 1. The molecule has 3 aromatic rings. The lowest BCUT2D eigenvalue weighted by atomic mass is 10.2. The zero-order chi connectivity index (χ0) is 19.1. The second-order valence-corrected chi connectivity index (χ2v) is 7.30. The first-order chi connectivity index (χ1) is 13.7. The summed E-state index contributed by atoms with van der Waals surface area (Å²) in [7, 11) is 0. The van der Waals surface area contributed by atoms with Gasteiger partial charge in [-0.1, -0.05) is 6.07 Å². The third-order valence-electron chi connectivity index (χ3n) is 5.32. The van der Waals surface area contributed by atoms with Crippen LogP contribution in [0.1, 0.15) is 12.8 Å². The van der Waals surface area contributed by atoms with Crippen molar-refractivity contribution < 1.29 is 9.18 Å². The maximum atomic E-state index is 13.1. The molecule has 2 aromatic heterocycles. The van der Waals surface area contributed by atoms with Crippen molar-refractivity contribution in [1.82, 2.24) is 14.6 Å². The van der Waals surface area contributed by atoms with E-state index in [0.29, 0.717) is 11.6 Å². The lowest BCUT2D eigenvalue weighted by Gasteiger charge is -2.37. The van der Waals surface area contributed by atoms with Gasteiger partial charge < -0.3 is 9.80 Å². The van der Waals surface area contributed by atoms with E-state index in [1.165, 1.54) is 12.1 Å². The first-order valence-corrected chi connectivity index (χ1v) is 9.59. The van der Waals surface area contributed by atoms with E-state index in [0.717, 1.165) is 50.5 Å². The van der Waals surface area contributed by atoms with Crippen LogP contribution in [0.15, 0.2) is 42.5 Å². The van der Waals surface area contributed by atoms with Crippen molar-refractivity contribution in [3.05, 3.63) is 48.3 Å². The van der Waals surface area contributed by atoms with Gasteiger partial charge in [0.1, 0.15) is 11.6 Å². The third kappa shape index (κ3) is 3.26. The minimum absolute atomic E-state index is 0.00497. The molecule has 144 valence electrons. The van der Waals surface area contributed by atoms with Crippen LogP contribution >= 0.6 is 0 Å². The monoisotopic (exact) mass is 380 g/mol. The Morgan fingerprint density at radius 1 is 1.00 bits per heavy atom. The predicted molar refractivity (Wildman–Crippen MR) is 105 cm³/mol. The van der Waals surface area contributed by atoms with Gasteiger partial charge in [0.2, 0.25) is 11.9 Å². The maximum Gasteiger partial charge on any atom is 0.249 e. The Hall–Kier alpha value is -3.16. The molecule has 1 amide bonds. The van der Waals surface area contributed by atoms with Crippen LogP contribution in [0.25, 0.3) is 5.65 Å². The van der Waals surface area contributed by atoms with E-state index in [4.69, 9.17) is 0 Å². The van der Waals surface area contributed by atoms with Crippen LogP contribution < -0.4 is 15.1 Å². The Kier molecular flexibility index (Phi) is 4.11. The van der Waals surface area contributed by atoms with Gasteiger partial charge in [0, 0.05) is 37.8 Å². The fraction of sp³-hybridized carbons (Fsp3) is 0.350. The molecule has 8 heteroatoms. The Bertz CT molecular complexity index is 1010. The largest absolute Gasteiger partial charge is 0.368 e. The molecule has 5 rings (SSSR count). The fourth-order valence-corrected chi connectivity index (χ4v) is 3.59. The van der Waals surface area contributed by atoms with Gasteiger partial charge in [0.15, 0.2) is 5.65 Å². The number of carbonyl (C=O) groups excluding carboxylic acids is 1. The van der Waals surface area contributed by atoms with Crippen LogP contribution in [-0.4, -0.2) is 46.7 Å². The normalized spacial score (nSPS) is 17.2. The molecule has 28 heavy (non-hydrogen) atoms. The molecule has 0 unspecified atom stereocenters. The van der Waals surface area contributed by atoms with Gasteiger partial charge in [-0.05, 0) is 49.2 Å². The maximum absolute atomic E-state index is 13.1. The van der Waals surface area contributed by atoms with E-state index >= 15 is 0 Å². The number of rotatable bonds is 4. The van der Waals surface area contributed by atoms with Gasteiger partial charge in [0.05, 0.1) is 0 Å². The van der Waals surface area contributed by atoms with Crippen LogP contribution in [0.2, 0.25) is 0 Å². The highest BCUT2D eigenvalue weighted by atomic mass is 19.1. The lowest BCUT2D eigenvalue weighted by molar-refractivity contribution is -0.117. The Labute approximate surface area is 161 Å². The molecule has 0 spiro atoms. The molecule has 0 bridgehead atoms. The smallest absolute Gasteiger partial charge is 0.249 e. The second-order valence-electron chi connectivity index (χ2n) is 7.30. The Morgan fingerprint density at radius 2 is 1.71 bits per heavy atom. The molecule has 1 aliphatic carbocycles. The van der Waals surface area contributed by atoms with Gasteiger partial charge in [-0.15, -0.1) is 5.10 Å². The number of amides is 1. The van der Waals surface area contributed by atoms with Crippen LogP contribution in [0, 0.1) is 11.7 Å². The zero-order valence-electron chi connectivity index (χ0n) is 15.4. The van der Waals surface area contributed by atoms with Crippen molar-refractivity contribution in [2.24, 2.45) is 5.92 Å². The average molecular weight is 380 g/mol. The highest BCUT2D eigenvalue weighted by molar-refractivity contribution is 5.92. The summed E-state index contributed by atoms with van der Waals surface area (Å²) < 4.78 is 14.9. The van der Waals surface area contributed by atoms with Crippen LogP contribution in [0.3, 0.4) is 0 Å². The summed E-state index contributed by atoms with van der Waals surface area (Å²) in [4.78, 5) is 20.9.